The summed E-state index contributed by atoms with van der Waals surface area (Å²) in [6.07, 6.45) is 26.5. The average Bonchev–Trinajstić information content (AvgIpc) is 3.10. The van der Waals surface area contributed by atoms with Gasteiger partial charge in [-0.25, -0.2) is 4.98 Å². The van der Waals surface area contributed by atoms with Crippen LogP contribution in [-0.2, 0) is 4.79 Å². The van der Waals surface area contributed by atoms with Gasteiger partial charge in [0.1, 0.15) is 10.4 Å². The van der Waals surface area contributed by atoms with E-state index in [1.54, 1.807) is 17.0 Å². The SMILES string of the molecule is CCCCCCCCCCC(CCCCCCCCCC)CCCN1C(=O)C(=O)c2ccc(Br)nc21. The lowest BCUT2D eigenvalue weighted by atomic mass is 9.90. The Bertz CT molecular complexity index is 747. The first-order valence-corrected chi connectivity index (χ1v) is 15.9. The summed E-state index contributed by atoms with van der Waals surface area (Å²) in [6, 6.07) is 3.44. The summed E-state index contributed by atoms with van der Waals surface area (Å²) in [5.41, 5.74) is 0.442. The van der Waals surface area contributed by atoms with Crippen LogP contribution in [0.3, 0.4) is 0 Å². The van der Waals surface area contributed by atoms with Crippen LogP contribution in [-0.4, -0.2) is 23.2 Å². The minimum Gasteiger partial charge on any atom is -0.289 e. The number of ketones is 1. The van der Waals surface area contributed by atoms with Gasteiger partial charge in [-0.15, -0.1) is 0 Å². The van der Waals surface area contributed by atoms with Crippen LogP contribution in [0.15, 0.2) is 16.7 Å². The third kappa shape index (κ3) is 11.4. The first-order valence-electron chi connectivity index (χ1n) is 15.1. The predicted molar refractivity (Wildman–Crippen MR) is 156 cm³/mol. The Morgan fingerprint density at radius 1 is 0.694 bits per heavy atom. The van der Waals surface area contributed by atoms with E-state index in [2.05, 4.69) is 34.8 Å². The second-order valence-electron chi connectivity index (χ2n) is 10.8. The van der Waals surface area contributed by atoms with Crippen molar-refractivity contribution in [2.45, 2.75) is 142 Å². The van der Waals surface area contributed by atoms with Crippen LogP contribution in [0, 0.1) is 5.92 Å². The zero-order valence-electron chi connectivity index (χ0n) is 23.2. The van der Waals surface area contributed by atoms with Crippen molar-refractivity contribution in [3.05, 3.63) is 22.3 Å². The van der Waals surface area contributed by atoms with E-state index in [0.717, 1.165) is 18.8 Å². The number of hydrogen-bond donors (Lipinski definition) is 0. The minimum absolute atomic E-state index is 0.417. The van der Waals surface area contributed by atoms with E-state index < -0.39 is 11.7 Å². The van der Waals surface area contributed by atoms with Crippen LogP contribution in [0.5, 0.6) is 0 Å². The number of anilines is 1. The van der Waals surface area contributed by atoms with Gasteiger partial charge in [-0.05, 0) is 46.8 Å². The number of amides is 1. The van der Waals surface area contributed by atoms with E-state index >= 15 is 0 Å². The minimum atomic E-state index is -0.418. The Labute approximate surface area is 229 Å². The third-order valence-electron chi connectivity index (χ3n) is 7.71. The number of rotatable bonds is 22. The van der Waals surface area contributed by atoms with E-state index in [-0.39, 0.29) is 0 Å². The molecular weight excluding hydrogens is 512 g/mol. The molecule has 0 unspecified atom stereocenters. The molecule has 0 saturated carbocycles. The molecule has 0 fully saturated rings. The van der Waals surface area contributed by atoms with Crippen LogP contribution in [0.1, 0.15) is 153 Å². The molecule has 0 radical (unpaired) electrons. The lowest BCUT2D eigenvalue weighted by molar-refractivity contribution is -0.114. The van der Waals surface area contributed by atoms with Gasteiger partial charge in [0.15, 0.2) is 0 Å². The van der Waals surface area contributed by atoms with Gasteiger partial charge in [-0.2, -0.15) is 0 Å². The van der Waals surface area contributed by atoms with E-state index in [9.17, 15) is 9.59 Å². The summed E-state index contributed by atoms with van der Waals surface area (Å²) in [6.45, 7) is 5.14. The fourth-order valence-corrected chi connectivity index (χ4v) is 5.75. The Morgan fingerprint density at radius 3 is 1.69 bits per heavy atom. The Balaban J connectivity index is 1.75. The van der Waals surface area contributed by atoms with E-state index in [4.69, 9.17) is 0 Å². The maximum atomic E-state index is 12.5. The largest absolute Gasteiger partial charge is 0.300 e. The lowest BCUT2D eigenvalue weighted by Gasteiger charge is -2.20. The molecule has 0 saturated heterocycles. The van der Waals surface area contributed by atoms with Crippen molar-refractivity contribution >= 4 is 33.4 Å². The lowest BCUT2D eigenvalue weighted by Crippen LogP contribution is -2.31. The van der Waals surface area contributed by atoms with Crippen molar-refractivity contribution in [2.24, 2.45) is 5.92 Å². The van der Waals surface area contributed by atoms with Crippen LogP contribution >= 0.6 is 15.9 Å². The maximum absolute atomic E-state index is 12.5. The van der Waals surface area contributed by atoms with Gasteiger partial charge in [-0.1, -0.05) is 129 Å². The molecule has 1 aliphatic rings. The van der Waals surface area contributed by atoms with Crippen LogP contribution < -0.4 is 4.90 Å². The number of nitrogens with zero attached hydrogens (tertiary/aromatic N) is 2. The quantitative estimate of drug-likeness (QED) is 0.0801. The summed E-state index contributed by atoms with van der Waals surface area (Å²) in [5.74, 6) is 0.424. The van der Waals surface area contributed by atoms with Gasteiger partial charge in [0.2, 0.25) is 0 Å². The molecule has 4 nitrogen and oxygen atoms in total. The molecule has 0 aliphatic carbocycles. The molecule has 1 aromatic heterocycles. The number of unbranched alkanes of at least 4 members (excludes halogenated alkanes) is 14. The number of carbonyl (C=O) groups is 2. The topological polar surface area (TPSA) is 50.3 Å². The molecule has 0 atom stereocenters. The molecule has 2 heterocycles. The number of fused-ring (bicyclic) bond motifs is 1. The fraction of sp³-hybridized carbons (Fsp3) is 0.774. The standard InChI is InChI=1S/C31H51BrN2O2/c1-3-5-7-9-11-13-15-17-20-26(21-18-16-14-12-10-8-6-4-2)22-19-25-34-30-27(29(35)31(34)36)23-24-28(32)33-30/h23-24,26H,3-22,25H2,1-2H3. The average molecular weight is 564 g/mol. The molecule has 1 aliphatic heterocycles. The third-order valence-corrected chi connectivity index (χ3v) is 8.15. The molecule has 36 heavy (non-hydrogen) atoms. The molecule has 0 aromatic carbocycles. The summed E-state index contributed by atoms with van der Waals surface area (Å²) < 4.78 is 0.663. The van der Waals surface area contributed by atoms with Crippen molar-refractivity contribution in [1.29, 1.82) is 0 Å². The van der Waals surface area contributed by atoms with Gasteiger partial charge in [0.25, 0.3) is 5.78 Å². The van der Waals surface area contributed by atoms with Crippen LogP contribution in [0.4, 0.5) is 5.82 Å². The van der Waals surface area contributed by atoms with Gasteiger partial charge in [0, 0.05) is 6.54 Å². The smallest absolute Gasteiger partial charge is 0.289 e. The second-order valence-corrected chi connectivity index (χ2v) is 11.6. The highest BCUT2D eigenvalue weighted by Gasteiger charge is 2.36. The van der Waals surface area contributed by atoms with E-state index in [1.807, 2.05) is 0 Å². The Morgan fingerprint density at radius 2 is 1.17 bits per heavy atom. The second kappa shape index (κ2) is 18.9. The number of hydrogen-bond acceptors (Lipinski definition) is 3. The number of carbonyl (C=O) groups excluding carboxylic acids is 2. The van der Waals surface area contributed by atoms with Crippen molar-refractivity contribution in [1.82, 2.24) is 4.98 Å². The number of Topliss-reactive ketones (excluding diaryl/α,β-unsaturated/α-hetero) is 1. The van der Waals surface area contributed by atoms with Crippen molar-refractivity contribution in [2.75, 3.05) is 11.4 Å². The summed E-state index contributed by atoms with van der Waals surface area (Å²) in [5, 5.41) is 0. The molecule has 0 spiro atoms. The number of pyridine rings is 1. The predicted octanol–water partition coefficient (Wildman–Crippen LogP) is 9.83. The van der Waals surface area contributed by atoms with Gasteiger partial charge in [-0.3, -0.25) is 14.5 Å². The highest BCUT2D eigenvalue weighted by molar-refractivity contribution is 9.10. The number of aromatic nitrogens is 1. The molecule has 1 amide bonds. The zero-order valence-corrected chi connectivity index (χ0v) is 24.8. The molecule has 0 N–H and O–H groups in total. The van der Waals surface area contributed by atoms with Crippen LogP contribution in [0.25, 0.3) is 0 Å². The first-order chi connectivity index (χ1) is 17.6. The van der Waals surface area contributed by atoms with Crippen molar-refractivity contribution < 1.29 is 9.59 Å². The highest BCUT2D eigenvalue weighted by Crippen LogP contribution is 2.30. The molecule has 2 rings (SSSR count). The van der Waals surface area contributed by atoms with Crippen LogP contribution in [0.2, 0.25) is 0 Å². The first kappa shape index (κ1) is 31.0. The van der Waals surface area contributed by atoms with Crippen molar-refractivity contribution in [3.8, 4) is 0 Å². The monoisotopic (exact) mass is 562 g/mol. The van der Waals surface area contributed by atoms with Gasteiger partial charge < -0.3 is 0 Å². The Kier molecular flexibility index (Phi) is 16.3. The molecule has 204 valence electrons. The summed E-state index contributed by atoms with van der Waals surface area (Å²) in [4.78, 5) is 30.9. The zero-order chi connectivity index (χ0) is 26.0. The highest BCUT2D eigenvalue weighted by atomic mass is 79.9. The fourth-order valence-electron chi connectivity index (χ4n) is 5.45. The van der Waals surface area contributed by atoms with Gasteiger partial charge in [0.05, 0.1) is 5.56 Å². The molecule has 5 heteroatoms. The maximum Gasteiger partial charge on any atom is 0.300 e. The van der Waals surface area contributed by atoms with Gasteiger partial charge >= 0.3 is 5.91 Å². The molecule has 1 aromatic rings. The normalized spacial score (nSPS) is 13.3. The van der Waals surface area contributed by atoms with E-state index in [1.165, 1.54) is 116 Å². The summed E-state index contributed by atoms with van der Waals surface area (Å²) >= 11 is 3.38. The Hall–Kier alpha value is -1.23. The molecule has 0 bridgehead atoms. The molecular formula is C31H51BrN2O2. The summed E-state index contributed by atoms with van der Waals surface area (Å²) in [7, 11) is 0. The van der Waals surface area contributed by atoms with E-state index in [0.29, 0.717) is 22.5 Å². The van der Waals surface area contributed by atoms with Crippen molar-refractivity contribution in [3.63, 3.8) is 0 Å². The number of halogens is 1.